The molecule has 140 valence electrons. The number of anilines is 1. The summed E-state index contributed by atoms with van der Waals surface area (Å²) in [5.74, 6) is -0.573. The third-order valence-corrected chi connectivity index (χ3v) is 6.61. The second-order valence-electron chi connectivity index (χ2n) is 5.76. The van der Waals surface area contributed by atoms with Gasteiger partial charge in [-0.2, -0.15) is 0 Å². The van der Waals surface area contributed by atoms with Crippen molar-refractivity contribution < 1.29 is 23.1 Å². The van der Waals surface area contributed by atoms with E-state index in [0.717, 1.165) is 16.9 Å². The molecule has 3 rings (SSSR count). The number of methoxy groups -OCH3 is 1. The molecule has 0 amide bonds. The number of nitrogens with one attached hydrogen (secondary N) is 1. The van der Waals surface area contributed by atoms with Crippen LogP contribution >= 0.6 is 11.3 Å². The maximum absolute atomic E-state index is 12.7. The second-order valence-corrected chi connectivity index (χ2v) is 8.46. The number of carboxylic acid groups (broad SMARTS) is 1. The van der Waals surface area contributed by atoms with Gasteiger partial charge in [-0.15, -0.1) is 11.3 Å². The molecular formula is C19H17NO5S2. The summed E-state index contributed by atoms with van der Waals surface area (Å²) in [5, 5.41) is 9.50. The lowest BCUT2D eigenvalue weighted by Gasteiger charge is -2.09. The first kappa shape index (κ1) is 18.9. The quantitative estimate of drug-likeness (QED) is 0.642. The Bertz CT molecular complexity index is 1100. The van der Waals surface area contributed by atoms with Gasteiger partial charge in [0.1, 0.15) is 10.6 Å². The van der Waals surface area contributed by atoms with Gasteiger partial charge in [0.25, 0.3) is 10.0 Å². The Balaban J connectivity index is 2.04. The Morgan fingerprint density at radius 3 is 2.52 bits per heavy atom. The monoisotopic (exact) mass is 403 g/mol. The lowest BCUT2D eigenvalue weighted by molar-refractivity contribution is 0.0703. The van der Waals surface area contributed by atoms with Gasteiger partial charge in [0.2, 0.25) is 0 Å². The number of sulfonamides is 1. The first-order valence-corrected chi connectivity index (χ1v) is 10.2. The normalized spacial score (nSPS) is 11.2. The fourth-order valence-electron chi connectivity index (χ4n) is 2.60. The van der Waals surface area contributed by atoms with Crippen LogP contribution < -0.4 is 9.46 Å². The van der Waals surface area contributed by atoms with E-state index in [1.54, 1.807) is 49.4 Å². The van der Waals surface area contributed by atoms with Crippen LogP contribution in [-0.2, 0) is 10.0 Å². The first-order chi connectivity index (χ1) is 12.8. The molecule has 0 unspecified atom stereocenters. The Morgan fingerprint density at radius 2 is 1.85 bits per heavy atom. The van der Waals surface area contributed by atoms with Gasteiger partial charge in [0.15, 0.2) is 0 Å². The summed E-state index contributed by atoms with van der Waals surface area (Å²) in [4.78, 5) is 12.3. The molecular weight excluding hydrogens is 386 g/mol. The molecule has 0 aliphatic carbocycles. The molecule has 8 heteroatoms. The number of ether oxygens (including phenoxy) is 1. The molecule has 0 fully saturated rings. The van der Waals surface area contributed by atoms with Crippen molar-refractivity contribution in [2.45, 2.75) is 11.8 Å². The van der Waals surface area contributed by atoms with Crippen LogP contribution in [0.1, 0.15) is 15.2 Å². The van der Waals surface area contributed by atoms with Gasteiger partial charge in [-0.3, -0.25) is 4.72 Å². The summed E-state index contributed by atoms with van der Waals surface area (Å²) in [6.45, 7) is 1.68. The number of thiophene rings is 1. The summed E-state index contributed by atoms with van der Waals surface area (Å²) in [5.41, 5.74) is 1.35. The van der Waals surface area contributed by atoms with Crippen molar-refractivity contribution in [3.8, 4) is 16.2 Å². The molecule has 0 aliphatic rings. The van der Waals surface area contributed by atoms with Crippen LogP contribution in [0.4, 0.5) is 5.69 Å². The minimum absolute atomic E-state index is 0.0357. The maximum Gasteiger partial charge on any atom is 0.348 e. The van der Waals surface area contributed by atoms with E-state index in [1.807, 2.05) is 0 Å². The molecule has 1 heterocycles. The molecule has 0 aliphatic heterocycles. The molecule has 1 aromatic heterocycles. The number of aromatic carboxylic acids is 1. The average Bonchev–Trinajstić information content (AvgIpc) is 3.05. The van der Waals surface area contributed by atoms with E-state index < -0.39 is 16.0 Å². The van der Waals surface area contributed by atoms with E-state index in [2.05, 4.69) is 4.72 Å². The molecule has 0 bridgehead atoms. The summed E-state index contributed by atoms with van der Waals surface area (Å²) >= 11 is 0.998. The van der Waals surface area contributed by atoms with Gasteiger partial charge in [-0.25, -0.2) is 13.2 Å². The van der Waals surface area contributed by atoms with E-state index in [0.29, 0.717) is 16.2 Å². The van der Waals surface area contributed by atoms with Crippen LogP contribution in [0.2, 0.25) is 0 Å². The molecule has 0 atom stereocenters. The van der Waals surface area contributed by atoms with Gasteiger partial charge in [-0.05, 0) is 42.3 Å². The van der Waals surface area contributed by atoms with Crippen molar-refractivity contribution in [3.05, 3.63) is 65.0 Å². The molecule has 2 aromatic carbocycles. The number of rotatable bonds is 6. The largest absolute Gasteiger partial charge is 0.497 e. The van der Waals surface area contributed by atoms with E-state index in [-0.39, 0.29) is 15.5 Å². The smallest absolute Gasteiger partial charge is 0.348 e. The zero-order valence-electron chi connectivity index (χ0n) is 14.6. The highest BCUT2D eigenvalue weighted by Crippen LogP contribution is 2.37. The van der Waals surface area contributed by atoms with E-state index in [1.165, 1.54) is 19.2 Å². The van der Waals surface area contributed by atoms with E-state index in [4.69, 9.17) is 4.74 Å². The van der Waals surface area contributed by atoms with Crippen LogP contribution in [0.25, 0.3) is 10.4 Å². The predicted octanol–water partition coefficient (Wildman–Crippen LogP) is 4.23. The Kier molecular flexibility index (Phi) is 5.20. The van der Waals surface area contributed by atoms with Crippen molar-refractivity contribution >= 4 is 33.0 Å². The van der Waals surface area contributed by atoms with Crippen molar-refractivity contribution in [2.24, 2.45) is 0 Å². The maximum atomic E-state index is 12.7. The molecule has 0 saturated carbocycles. The SMILES string of the molecule is COc1cccc(-c2cc(NS(=O)(=O)c3ccccc3C)c(C(=O)O)s2)c1. The molecule has 0 spiro atoms. The van der Waals surface area contributed by atoms with Crippen LogP contribution in [-0.4, -0.2) is 26.6 Å². The van der Waals surface area contributed by atoms with Gasteiger partial charge in [-0.1, -0.05) is 30.3 Å². The second kappa shape index (κ2) is 7.42. The Labute approximate surface area is 161 Å². The predicted molar refractivity (Wildman–Crippen MR) is 105 cm³/mol. The highest BCUT2D eigenvalue weighted by atomic mass is 32.2. The lowest BCUT2D eigenvalue weighted by Crippen LogP contribution is -2.15. The fourth-order valence-corrected chi connectivity index (χ4v) is 4.93. The average molecular weight is 403 g/mol. The van der Waals surface area contributed by atoms with Crippen molar-refractivity contribution in [1.82, 2.24) is 0 Å². The van der Waals surface area contributed by atoms with E-state index in [9.17, 15) is 18.3 Å². The highest BCUT2D eigenvalue weighted by Gasteiger charge is 2.23. The first-order valence-electron chi connectivity index (χ1n) is 7.92. The van der Waals surface area contributed by atoms with E-state index >= 15 is 0 Å². The molecule has 2 N–H and O–H groups in total. The van der Waals surface area contributed by atoms with Gasteiger partial charge >= 0.3 is 5.97 Å². The van der Waals surface area contributed by atoms with Crippen molar-refractivity contribution in [2.75, 3.05) is 11.8 Å². The number of aryl methyl sites for hydroxylation is 1. The number of carboxylic acids is 1. The highest BCUT2D eigenvalue weighted by molar-refractivity contribution is 7.92. The summed E-state index contributed by atoms with van der Waals surface area (Å²) in [6.07, 6.45) is 0. The third-order valence-electron chi connectivity index (χ3n) is 3.91. The fraction of sp³-hybridized carbons (Fsp3) is 0.105. The minimum atomic E-state index is -3.91. The van der Waals surface area contributed by atoms with Crippen molar-refractivity contribution in [1.29, 1.82) is 0 Å². The summed E-state index contributed by atoms with van der Waals surface area (Å²) in [7, 11) is -2.37. The molecule has 27 heavy (non-hydrogen) atoms. The zero-order valence-corrected chi connectivity index (χ0v) is 16.2. The minimum Gasteiger partial charge on any atom is -0.497 e. The van der Waals surface area contributed by atoms with Gasteiger partial charge in [0, 0.05) is 4.88 Å². The van der Waals surface area contributed by atoms with Crippen molar-refractivity contribution in [3.63, 3.8) is 0 Å². The van der Waals surface area contributed by atoms with Crippen LogP contribution in [0, 0.1) is 6.92 Å². The zero-order chi connectivity index (χ0) is 19.6. The topological polar surface area (TPSA) is 92.7 Å². The number of hydrogen-bond donors (Lipinski definition) is 2. The Hall–Kier alpha value is -2.84. The lowest BCUT2D eigenvalue weighted by atomic mass is 10.2. The molecule has 0 saturated heterocycles. The number of benzene rings is 2. The Morgan fingerprint density at radius 1 is 1.11 bits per heavy atom. The van der Waals surface area contributed by atoms with Crippen LogP contribution in [0.5, 0.6) is 5.75 Å². The summed E-state index contributed by atoms with van der Waals surface area (Å²) in [6, 6.07) is 15.2. The van der Waals surface area contributed by atoms with Crippen LogP contribution in [0.15, 0.2) is 59.5 Å². The van der Waals surface area contributed by atoms with Crippen LogP contribution in [0.3, 0.4) is 0 Å². The standard InChI is InChI=1S/C19H17NO5S2/c1-12-6-3-4-9-17(12)27(23,24)20-15-11-16(26-18(15)19(21)22)13-7-5-8-14(10-13)25-2/h3-11,20H,1-2H3,(H,21,22). The summed E-state index contributed by atoms with van der Waals surface area (Å²) < 4.78 is 33.1. The molecule has 0 radical (unpaired) electrons. The number of carbonyl (C=O) groups is 1. The third kappa shape index (κ3) is 3.96. The molecule has 6 nitrogen and oxygen atoms in total. The molecule has 3 aromatic rings. The van der Waals surface area contributed by atoms with Gasteiger partial charge in [0.05, 0.1) is 17.7 Å². The number of hydrogen-bond acceptors (Lipinski definition) is 5. The van der Waals surface area contributed by atoms with Gasteiger partial charge < -0.3 is 9.84 Å².